The van der Waals surface area contributed by atoms with E-state index in [-0.39, 0.29) is 23.3 Å². The van der Waals surface area contributed by atoms with Crippen LogP contribution in [0.4, 0.5) is 0 Å². The Bertz CT molecular complexity index is 441. The molecule has 0 heterocycles. The molecule has 86 valence electrons. The normalized spacial score (nSPS) is 10.6. The summed E-state index contributed by atoms with van der Waals surface area (Å²) in [7, 11) is 0. The highest BCUT2D eigenvalue weighted by atomic mass is 35.5. The zero-order chi connectivity index (χ0) is 12.1. The lowest BCUT2D eigenvalue weighted by molar-refractivity contribution is 0.449. The number of nitrogens with two attached hydrogens (primary N) is 2. The van der Waals surface area contributed by atoms with Crippen LogP contribution in [-0.2, 0) is 5.88 Å². The lowest BCUT2D eigenvalue weighted by atomic mass is 10.1. The molecule has 0 saturated carbocycles. The lowest BCUT2D eigenvalue weighted by Gasteiger charge is -2.05. The molecule has 6 N–H and O–H groups in total. The number of guanidine groups is 1. The molecule has 0 fully saturated rings. The molecular formula is C9H11ClN4O2. The Hall–Kier alpha value is -1.95. The summed E-state index contributed by atoms with van der Waals surface area (Å²) >= 11 is 5.65. The Kier molecular flexibility index (Phi) is 3.96. The molecule has 0 atom stereocenters. The summed E-state index contributed by atoms with van der Waals surface area (Å²) in [5, 5.41) is 25.7. The van der Waals surface area contributed by atoms with Crippen molar-refractivity contribution < 1.29 is 10.2 Å². The maximum Gasteiger partial charge on any atom is 0.211 e. The number of nitrogens with zero attached hydrogens (tertiary/aromatic N) is 2. The van der Waals surface area contributed by atoms with E-state index in [9.17, 15) is 10.2 Å². The first kappa shape index (κ1) is 12.1. The van der Waals surface area contributed by atoms with Crippen molar-refractivity contribution in [1.29, 1.82) is 0 Å². The van der Waals surface area contributed by atoms with Gasteiger partial charge >= 0.3 is 0 Å². The number of halogens is 1. The third-order valence-electron chi connectivity index (χ3n) is 1.73. The van der Waals surface area contributed by atoms with Gasteiger partial charge in [-0.3, -0.25) is 0 Å². The van der Waals surface area contributed by atoms with E-state index >= 15 is 0 Å². The summed E-state index contributed by atoms with van der Waals surface area (Å²) in [4.78, 5) is 0. The molecule has 0 aliphatic heterocycles. The maximum absolute atomic E-state index is 9.55. The van der Waals surface area contributed by atoms with Crippen LogP contribution in [0.5, 0.6) is 11.5 Å². The van der Waals surface area contributed by atoms with Gasteiger partial charge in [0.2, 0.25) is 5.96 Å². The Morgan fingerprint density at radius 3 is 2.62 bits per heavy atom. The molecular weight excluding hydrogens is 232 g/mol. The summed E-state index contributed by atoms with van der Waals surface area (Å²) in [6.07, 6.45) is 1.26. The number of hydrogen-bond donors (Lipinski definition) is 4. The van der Waals surface area contributed by atoms with Crippen LogP contribution in [0.15, 0.2) is 22.3 Å². The minimum absolute atomic E-state index is 0.0767. The van der Waals surface area contributed by atoms with Crippen LogP contribution in [0.1, 0.15) is 11.1 Å². The van der Waals surface area contributed by atoms with Crippen molar-refractivity contribution in [2.75, 3.05) is 0 Å². The second-order valence-electron chi connectivity index (χ2n) is 2.94. The van der Waals surface area contributed by atoms with Gasteiger partial charge in [-0.2, -0.15) is 5.10 Å². The van der Waals surface area contributed by atoms with Crippen LogP contribution in [-0.4, -0.2) is 22.4 Å². The standard InChI is InChI=1S/C9H11ClN4O2/c10-3-5-1-6(15)2-8(16)7(5)4-13-14-9(11)12/h1-2,4,15-16H,3H2,(H4,11,12,14). The van der Waals surface area contributed by atoms with Crippen LogP contribution >= 0.6 is 11.6 Å². The van der Waals surface area contributed by atoms with Crippen LogP contribution < -0.4 is 11.5 Å². The van der Waals surface area contributed by atoms with Gasteiger partial charge in [0.15, 0.2) is 0 Å². The number of alkyl halides is 1. The molecule has 6 nitrogen and oxygen atoms in total. The quantitative estimate of drug-likeness (QED) is 0.266. The van der Waals surface area contributed by atoms with Crippen LogP contribution in [0.3, 0.4) is 0 Å². The molecule has 0 amide bonds. The average Bonchev–Trinajstić information content (AvgIpc) is 2.20. The van der Waals surface area contributed by atoms with Crippen molar-refractivity contribution in [2.24, 2.45) is 21.7 Å². The number of aromatic hydroxyl groups is 2. The zero-order valence-corrected chi connectivity index (χ0v) is 9.02. The summed E-state index contributed by atoms with van der Waals surface area (Å²) in [6, 6.07) is 2.59. The summed E-state index contributed by atoms with van der Waals surface area (Å²) in [5.74, 6) is -0.301. The van der Waals surface area contributed by atoms with E-state index in [1.54, 1.807) is 0 Å². The van der Waals surface area contributed by atoms with Gasteiger partial charge < -0.3 is 21.7 Å². The monoisotopic (exact) mass is 242 g/mol. The summed E-state index contributed by atoms with van der Waals surface area (Å²) in [5.41, 5.74) is 11.0. The first-order chi connectivity index (χ1) is 7.54. The van der Waals surface area contributed by atoms with E-state index < -0.39 is 0 Å². The fourth-order valence-electron chi connectivity index (χ4n) is 1.09. The molecule has 0 aliphatic rings. The van der Waals surface area contributed by atoms with Gasteiger partial charge in [-0.15, -0.1) is 16.7 Å². The minimum atomic E-state index is -0.193. The fourth-order valence-corrected chi connectivity index (χ4v) is 1.31. The predicted molar refractivity (Wildman–Crippen MR) is 62.7 cm³/mol. The number of rotatable bonds is 3. The van der Waals surface area contributed by atoms with Crippen LogP contribution in [0.25, 0.3) is 0 Å². The molecule has 1 rings (SSSR count). The molecule has 16 heavy (non-hydrogen) atoms. The van der Waals surface area contributed by atoms with Gasteiger partial charge in [-0.05, 0) is 11.6 Å². The predicted octanol–water partition coefficient (Wildman–Crippen LogP) is 0.444. The number of hydrogen-bond acceptors (Lipinski definition) is 4. The summed E-state index contributed by atoms with van der Waals surface area (Å²) < 4.78 is 0. The number of benzene rings is 1. The third kappa shape index (κ3) is 3.03. The minimum Gasteiger partial charge on any atom is -0.508 e. The molecule has 1 aromatic carbocycles. The van der Waals surface area contributed by atoms with E-state index in [2.05, 4.69) is 10.2 Å². The molecule has 0 bridgehead atoms. The lowest BCUT2D eigenvalue weighted by Crippen LogP contribution is -2.21. The van der Waals surface area contributed by atoms with Gasteiger partial charge in [-0.1, -0.05) is 0 Å². The first-order valence-electron chi connectivity index (χ1n) is 4.27. The average molecular weight is 243 g/mol. The topological polar surface area (TPSA) is 117 Å². The van der Waals surface area contributed by atoms with Gasteiger partial charge in [-0.25, -0.2) is 0 Å². The molecule has 0 saturated heterocycles. The van der Waals surface area contributed by atoms with E-state index in [0.29, 0.717) is 11.1 Å². The second-order valence-corrected chi connectivity index (χ2v) is 3.21. The van der Waals surface area contributed by atoms with Crippen LogP contribution in [0.2, 0.25) is 0 Å². The largest absolute Gasteiger partial charge is 0.508 e. The smallest absolute Gasteiger partial charge is 0.211 e. The van der Waals surface area contributed by atoms with Gasteiger partial charge in [0.1, 0.15) is 11.5 Å². The van der Waals surface area contributed by atoms with E-state index in [1.807, 2.05) is 0 Å². The van der Waals surface area contributed by atoms with Crippen molar-refractivity contribution in [3.8, 4) is 11.5 Å². The Morgan fingerprint density at radius 1 is 1.38 bits per heavy atom. The number of phenols is 2. The molecule has 0 radical (unpaired) electrons. The second kappa shape index (κ2) is 5.22. The van der Waals surface area contributed by atoms with E-state index in [4.69, 9.17) is 23.1 Å². The van der Waals surface area contributed by atoms with Crippen molar-refractivity contribution in [1.82, 2.24) is 0 Å². The fraction of sp³-hybridized carbons (Fsp3) is 0.111. The third-order valence-corrected chi connectivity index (χ3v) is 2.02. The van der Waals surface area contributed by atoms with Crippen molar-refractivity contribution >= 4 is 23.8 Å². The number of phenolic OH excluding ortho intramolecular Hbond substituents is 2. The highest BCUT2D eigenvalue weighted by Crippen LogP contribution is 2.26. The van der Waals surface area contributed by atoms with Crippen molar-refractivity contribution in [3.63, 3.8) is 0 Å². The zero-order valence-electron chi connectivity index (χ0n) is 8.26. The van der Waals surface area contributed by atoms with Gasteiger partial charge in [0.05, 0.1) is 6.21 Å². The Balaban J connectivity index is 3.12. The highest BCUT2D eigenvalue weighted by Gasteiger charge is 2.07. The van der Waals surface area contributed by atoms with Crippen molar-refractivity contribution in [3.05, 3.63) is 23.3 Å². The molecule has 0 spiro atoms. The van der Waals surface area contributed by atoms with E-state index in [0.717, 1.165) is 0 Å². The molecule has 7 heteroatoms. The first-order valence-corrected chi connectivity index (χ1v) is 4.81. The SMILES string of the molecule is NC(N)=NN=Cc1c(O)cc(O)cc1CCl. The molecule has 0 aliphatic carbocycles. The summed E-state index contributed by atoms with van der Waals surface area (Å²) in [6.45, 7) is 0. The van der Waals surface area contributed by atoms with E-state index in [1.165, 1.54) is 18.3 Å². The molecule has 0 unspecified atom stereocenters. The maximum atomic E-state index is 9.55. The molecule has 1 aromatic rings. The van der Waals surface area contributed by atoms with Crippen molar-refractivity contribution in [2.45, 2.75) is 5.88 Å². The molecule has 0 aromatic heterocycles. The van der Waals surface area contributed by atoms with Gasteiger partial charge in [0.25, 0.3) is 0 Å². The van der Waals surface area contributed by atoms with Crippen LogP contribution in [0, 0.1) is 0 Å². The van der Waals surface area contributed by atoms with Gasteiger partial charge in [0, 0.05) is 17.5 Å². The Morgan fingerprint density at radius 2 is 2.06 bits per heavy atom. The Labute approximate surface area is 96.9 Å². The highest BCUT2D eigenvalue weighted by molar-refractivity contribution is 6.17.